The molecule has 2 amide bonds. The summed E-state index contributed by atoms with van der Waals surface area (Å²) < 4.78 is 0. The number of aromatic nitrogens is 3. The van der Waals surface area contributed by atoms with Crippen LogP contribution < -0.4 is 0 Å². The highest BCUT2D eigenvalue weighted by molar-refractivity contribution is 5.93. The van der Waals surface area contributed by atoms with E-state index in [0.29, 0.717) is 38.3 Å². The molecular weight excluding hydrogens is 378 g/mol. The lowest BCUT2D eigenvalue weighted by Crippen LogP contribution is -2.38. The van der Waals surface area contributed by atoms with E-state index in [1.165, 1.54) is 0 Å². The van der Waals surface area contributed by atoms with E-state index in [-0.39, 0.29) is 17.7 Å². The molecule has 3 heterocycles. The maximum atomic E-state index is 13.2. The quantitative estimate of drug-likeness (QED) is 0.710. The van der Waals surface area contributed by atoms with Gasteiger partial charge in [-0.15, -0.1) is 0 Å². The predicted octanol–water partition coefficient (Wildman–Crippen LogP) is 2.63. The molecule has 1 aliphatic heterocycles. The van der Waals surface area contributed by atoms with E-state index in [4.69, 9.17) is 0 Å². The molecule has 0 bridgehead atoms. The summed E-state index contributed by atoms with van der Waals surface area (Å²) in [6, 6.07) is 13.7. The molecule has 2 aromatic heterocycles. The lowest BCUT2D eigenvalue weighted by molar-refractivity contribution is -0.134. The van der Waals surface area contributed by atoms with Crippen molar-refractivity contribution in [1.82, 2.24) is 25.0 Å². The van der Waals surface area contributed by atoms with Crippen molar-refractivity contribution >= 4 is 11.8 Å². The molecule has 0 unspecified atom stereocenters. The topological polar surface area (TPSA) is 82.2 Å². The van der Waals surface area contributed by atoms with Crippen LogP contribution in [0.5, 0.6) is 0 Å². The standard InChI is InChI=1S/C23H25N5O2/c1-2-27-12-13-28(23(30)21-9-11-25-26-21)16-19(22(27)29)14-17-6-3-4-8-20(17)18-7-5-10-24-15-18/h3-11,15,19H,2,12-14,16H2,1H3,(H,25,26)/t19-/m0/s1. The summed E-state index contributed by atoms with van der Waals surface area (Å²) in [6.45, 7) is 4.04. The lowest BCUT2D eigenvalue weighted by atomic mass is 9.91. The Morgan fingerprint density at radius 1 is 1.13 bits per heavy atom. The lowest BCUT2D eigenvalue weighted by Gasteiger charge is -2.24. The zero-order chi connectivity index (χ0) is 20.9. The number of benzene rings is 1. The van der Waals surface area contributed by atoms with Crippen molar-refractivity contribution in [1.29, 1.82) is 0 Å². The van der Waals surface area contributed by atoms with E-state index in [2.05, 4.69) is 27.3 Å². The molecule has 154 valence electrons. The SMILES string of the molecule is CCN1CCN(C(=O)c2ccn[nH]2)C[C@H](Cc2ccccc2-c2cccnc2)C1=O. The molecular formula is C23H25N5O2. The summed E-state index contributed by atoms with van der Waals surface area (Å²) in [6.07, 6.45) is 5.71. The fourth-order valence-corrected chi connectivity index (χ4v) is 4.01. The number of carbonyl (C=O) groups excluding carboxylic acids is 2. The molecule has 1 aliphatic rings. The second-order valence-electron chi connectivity index (χ2n) is 7.44. The Kier molecular flexibility index (Phi) is 5.88. The number of H-pyrrole nitrogens is 1. The highest BCUT2D eigenvalue weighted by Crippen LogP contribution is 2.27. The fraction of sp³-hybridized carbons (Fsp3) is 0.304. The Morgan fingerprint density at radius 3 is 2.73 bits per heavy atom. The Balaban J connectivity index is 1.63. The maximum absolute atomic E-state index is 13.2. The van der Waals surface area contributed by atoms with Crippen LogP contribution in [-0.2, 0) is 11.2 Å². The van der Waals surface area contributed by atoms with Gasteiger partial charge in [0.1, 0.15) is 5.69 Å². The van der Waals surface area contributed by atoms with Crippen LogP contribution in [0.3, 0.4) is 0 Å². The van der Waals surface area contributed by atoms with Crippen molar-refractivity contribution in [3.63, 3.8) is 0 Å². The molecule has 0 radical (unpaired) electrons. The van der Waals surface area contributed by atoms with Crippen molar-refractivity contribution in [2.45, 2.75) is 13.3 Å². The normalized spacial score (nSPS) is 17.1. The van der Waals surface area contributed by atoms with Gasteiger partial charge in [-0.3, -0.25) is 19.7 Å². The van der Waals surface area contributed by atoms with Gasteiger partial charge < -0.3 is 9.80 Å². The number of nitrogens with zero attached hydrogens (tertiary/aromatic N) is 4. The number of likely N-dealkylation sites (N-methyl/N-ethyl adjacent to an activating group) is 1. The van der Waals surface area contributed by atoms with E-state index in [9.17, 15) is 9.59 Å². The molecule has 3 aromatic rings. The van der Waals surface area contributed by atoms with E-state index >= 15 is 0 Å². The Labute approximate surface area is 175 Å². The Morgan fingerprint density at radius 2 is 2.00 bits per heavy atom. The zero-order valence-electron chi connectivity index (χ0n) is 17.0. The molecule has 30 heavy (non-hydrogen) atoms. The molecule has 4 rings (SSSR count). The highest BCUT2D eigenvalue weighted by atomic mass is 16.2. The van der Waals surface area contributed by atoms with Gasteiger partial charge in [0.2, 0.25) is 5.91 Å². The van der Waals surface area contributed by atoms with Gasteiger partial charge >= 0.3 is 0 Å². The molecule has 7 heteroatoms. The third-order valence-electron chi connectivity index (χ3n) is 5.60. The van der Waals surface area contributed by atoms with Gasteiger partial charge in [0.15, 0.2) is 0 Å². The van der Waals surface area contributed by atoms with Crippen LogP contribution in [0.2, 0.25) is 0 Å². The van der Waals surface area contributed by atoms with Crippen LogP contribution in [0.1, 0.15) is 23.0 Å². The molecule has 1 N–H and O–H groups in total. The maximum Gasteiger partial charge on any atom is 0.271 e. The van der Waals surface area contributed by atoms with E-state index in [0.717, 1.165) is 16.7 Å². The molecule has 1 saturated heterocycles. The Bertz CT molecular complexity index is 1000. The molecule has 1 atom stereocenters. The minimum absolute atomic E-state index is 0.0957. The van der Waals surface area contributed by atoms with Crippen LogP contribution in [0, 0.1) is 5.92 Å². The second-order valence-corrected chi connectivity index (χ2v) is 7.44. The fourth-order valence-electron chi connectivity index (χ4n) is 4.01. The first-order chi connectivity index (χ1) is 14.7. The number of hydrogen-bond acceptors (Lipinski definition) is 4. The zero-order valence-corrected chi connectivity index (χ0v) is 17.0. The number of pyridine rings is 1. The predicted molar refractivity (Wildman–Crippen MR) is 114 cm³/mol. The van der Waals surface area contributed by atoms with Gasteiger partial charge in [-0.1, -0.05) is 30.3 Å². The largest absolute Gasteiger partial charge is 0.341 e. The van der Waals surface area contributed by atoms with Gasteiger partial charge in [-0.25, -0.2) is 0 Å². The monoisotopic (exact) mass is 403 g/mol. The van der Waals surface area contributed by atoms with E-state index in [1.54, 1.807) is 23.4 Å². The van der Waals surface area contributed by atoms with Gasteiger partial charge in [0.05, 0.1) is 5.92 Å². The van der Waals surface area contributed by atoms with Crippen LogP contribution >= 0.6 is 0 Å². The summed E-state index contributed by atoms with van der Waals surface area (Å²) in [7, 11) is 0. The molecule has 1 fully saturated rings. The molecule has 1 aromatic carbocycles. The molecule has 0 spiro atoms. The number of hydrogen-bond donors (Lipinski definition) is 1. The number of nitrogens with one attached hydrogen (secondary N) is 1. The van der Waals surface area contributed by atoms with Gasteiger partial charge in [-0.05, 0) is 36.6 Å². The van der Waals surface area contributed by atoms with Crippen LogP contribution in [0.25, 0.3) is 11.1 Å². The number of carbonyl (C=O) groups is 2. The molecule has 0 aliphatic carbocycles. The third-order valence-corrected chi connectivity index (χ3v) is 5.60. The number of amides is 2. The summed E-state index contributed by atoms with van der Waals surface area (Å²) in [5.41, 5.74) is 3.61. The van der Waals surface area contributed by atoms with Crippen molar-refractivity contribution in [2.24, 2.45) is 5.92 Å². The summed E-state index contributed by atoms with van der Waals surface area (Å²) in [5, 5.41) is 6.62. The van der Waals surface area contributed by atoms with Crippen molar-refractivity contribution in [3.05, 3.63) is 72.3 Å². The number of rotatable bonds is 5. The highest BCUT2D eigenvalue weighted by Gasteiger charge is 2.32. The van der Waals surface area contributed by atoms with Gasteiger partial charge in [-0.2, -0.15) is 5.10 Å². The minimum atomic E-state index is -0.308. The first-order valence-electron chi connectivity index (χ1n) is 10.2. The summed E-state index contributed by atoms with van der Waals surface area (Å²) in [4.78, 5) is 34.0. The average Bonchev–Trinajstić information content (AvgIpc) is 3.28. The molecule has 7 nitrogen and oxygen atoms in total. The first kappa shape index (κ1) is 19.8. The van der Waals surface area contributed by atoms with E-state index < -0.39 is 0 Å². The van der Waals surface area contributed by atoms with Crippen LogP contribution in [0.4, 0.5) is 0 Å². The smallest absolute Gasteiger partial charge is 0.271 e. The first-order valence-corrected chi connectivity index (χ1v) is 10.2. The minimum Gasteiger partial charge on any atom is -0.341 e. The van der Waals surface area contributed by atoms with Gasteiger partial charge in [0, 0.05) is 50.3 Å². The number of aromatic amines is 1. The van der Waals surface area contributed by atoms with E-state index in [1.807, 2.05) is 42.3 Å². The third kappa shape index (κ3) is 4.10. The van der Waals surface area contributed by atoms with Crippen molar-refractivity contribution in [2.75, 3.05) is 26.2 Å². The Hall–Kier alpha value is -3.48. The average molecular weight is 403 g/mol. The summed E-state index contributed by atoms with van der Waals surface area (Å²) >= 11 is 0. The van der Waals surface area contributed by atoms with Crippen molar-refractivity contribution < 1.29 is 9.59 Å². The van der Waals surface area contributed by atoms with Crippen LogP contribution in [-0.4, -0.2) is 63.0 Å². The van der Waals surface area contributed by atoms with Gasteiger partial charge in [0.25, 0.3) is 5.91 Å². The van der Waals surface area contributed by atoms with Crippen LogP contribution in [0.15, 0.2) is 61.1 Å². The summed E-state index contributed by atoms with van der Waals surface area (Å²) in [5.74, 6) is -0.334. The van der Waals surface area contributed by atoms with Crippen molar-refractivity contribution in [3.8, 4) is 11.1 Å². The molecule has 0 saturated carbocycles. The second kappa shape index (κ2) is 8.90.